The summed E-state index contributed by atoms with van der Waals surface area (Å²) in [5.41, 5.74) is 2.26. The van der Waals surface area contributed by atoms with E-state index in [2.05, 4.69) is 15.1 Å². The fourth-order valence-electron chi connectivity index (χ4n) is 2.33. The zero-order valence-electron chi connectivity index (χ0n) is 10.1. The van der Waals surface area contributed by atoms with Crippen LogP contribution in [0.15, 0.2) is 60.1 Å². The highest BCUT2D eigenvalue weighted by molar-refractivity contribution is 7.95. The summed E-state index contributed by atoms with van der Waals surface area (Å²) in [6.07, 6.45) is 8.05. The Hall–Kier alpha value is -2.01. The number of ether oxygens (including phenoxy) is 2. The summed E-state index contributed by atoms with van der Waals surface area (Å²) in [5, 5.41) is 0. The number of para-hydroxylation sites is 2. The van der Waals surface area contributed by atoms with Gasteiger partial charge in [-0.05, 0) is 18.2 Å². The molecule has 5 heteroatoms. The van der Waals surface area contributed by atoms with Crippen LogP contribution in [-0.4, -0.2) is 17.0 Å². The normalized spacial score (nSPS) is 23.4. The molecule has 1 N–H and O–H groups in total. The van der Waals surface area contributed by atoms with Crippen LogP contribution in [0, 0.1) is 0 Å². The molecular formula is C14H12N2O2S. The number of hydrogen-bond acceptors (Lipinski definition) is 5. The standard InChI is InChI=1S/C14H12N2O2S/c1-2-6-13-12(5-1)17-9-14(18-13)10-4-3-7-16-11(10)8-15-19-16/h1-8,14-15H,9H2. The van der Waals surface area contributed by atoms with Gasteiger partial charge in [-0.2, -0.15) is 0 Å². The van der Waals surface area contributed by atoms with Crippen molar-refractivity contribution in [2.24, 2.45) is 0 Å². The monoisotopic (exact) mass is 272 g/mol. The van der Waals surface area contributed by atoms with Crippen molar-refractivity contribution in [1.82, 2.24) is 9.03 Å². The molecule has 0 fully saturated rings. The molecule has 0 aliphatic carbocycles. The van der Waals surface area contributed by atoms with Crippen molar-refractivity contribution in [3.05, 3.63) is 60.1 Å². The third kappa shape index (κ3) is 1.77. The first-order valence-electron chi connectivity index (χ1n) is 6.11. The smallest absolute Gasteiger partial charge is 0.162 e. The Kier molecular flexibility index (Phi) is 2.45. The summed E-state index contributed by atoms with van der Waals surface area (Å²) < 4.78 is 17.0. The molecule has 1 unspecified atom stereocenters. The summed E-state index contributed by atoms with van der Waals surface area (Å²) in [5.74, 6) is 1.62. The summed E-state index contributed by atoms with van der Waals surface area (Å²) in [6, 6.07) is 7.78. The molecule has 4 nitrogen and oxygen atoms in total. The summed E-state index contributed by atoms with van der Waals surface area (Å²) in [4.78, 5) is 0. The second kappa shape index (κ2) is 4.28. The van der Waals surface area contributed by atoms with Crippen molar-refractivity contribution in [3.63, 3.8) is 0 Å². The van der Waals surface area contributed by atoms with E-state index < -0.39 is 0 Å². The molecule has 3 heterocycles. The van der Waals surface area contributed by atoms with Crippen LogP contribution >= 0.6 is 12.1 Å². The summed E-state index contributed by atoms with van der Waals surface area (Å²) >= 11 is 1.55. The van der Waals surface area contributed by atoms with Crippen molar-refractivity contribution >= 4 is 12.1 Å². The number of nitrogens with one attached hydrogen (secondary N) is 1. The molecule has 1 atom stereocenters. The molecular weight excluding hydrogens is 260 g/mol. The minimum atomic E-state index is -0.0749. The SMILES string of the molecule is C1=CN2SNC=C2C(C2COc3ccccc3O2)=C1. The topological polar surface area (TPSA) is 33.7 Å². The highest BCUT2D eigenvalue weighted by Gasteiger charge is 2.30. The van der Waals surface area contributed by atoms with Gasteiger partial charge in [0.15, 0.2) is 17.6 Å². The Labute approximate surface area is 115 Å². The van der Waals surface area contributed by atoms with Crippen molar-refractivity contribution in [2.75, 3.05) is 6.61 Å². The number of hydrogen-bond donors (Lipinski definition) is 1. The van der Waals surface area contributed by atoms with Gasteiger partial charge in [0.1, 0.15) is 6.61 Å². The molecule has 3 aliphatic rings. The first-order chi connectivity index (χ1) is 9.42. The van der Waals surface area contributed by atoms with E-state index in [1.165, 1.54) is 0 Å². The van der Waals surface area contributed by atoms with Crippen molar-refractivity contribution in [3.8, 4) is 11.5 Å². The maximum atomic E-state index is 6.05. The largest absolute Gasteiger partial charge is 0.485 e. The molecule has 1 aromatic rings. The van der Waals surface area contributed by atoms with E-state index in [0.29, 0.717) is 6.61 Å². The molecule has 0 spiro atoms. The van der Waals surface area contributed by atoms with E-state index in [4.69, 9.17) is 9.47 Å². The highest BCUT2D eigenvalue weighted by atomic mass is 32.2. The van der Waals surface area contributed by atoms with Crippen LogP contribution in [0.5, 0.6) is 11.5 Å². The van der Waals surface area contributed by atoms with E-state index in [9.17, 15) is 0 Å². The predicted molar refractivity (Wildman–Crippen MR) is 74.2 cm³/mol. The van der Waals surface area contributed by atoms with Crippen LogP contribution < -0.4 is 14.2 Å². The molecule has 0 amide bonds. The van der Waals surface area contributed by atoms with Gasteiger partial charge < -0.3 is 14.2 Å². The maximum Gasteiger partial charge on any atom is 0.162 e. The van der Waals surface area contributed by atoms with E-state index in [0.717, 1.165) is 22.8 Å². The molecule has 0 radical (unpaired) electrons. The van der Waals surface area contributed by atoms with Gasteiger partial charge in [0.2, 0.25) is 0 Å². The first kappa shape index (κ1) is 10.9. The number of allylic oxidation sites excluding steroid dienone is 2. The number of rotatable bonds is 1. The Morgan fingerprint density at radius 1 is 1.26 bits per heavy atom. The zero-order valence-corrected chi connectivity index (χ0v) is 10.9. The van der Waals surface area contributed by atoms with Crippen LogP contribution in [0.25, 0.3) is 0 Å². The molecule has 19 heavy (non-hydrogen) atoms. The average Bonchev–Trinajstić information content (AvgIpc) is 2.95. The van der Waals surface area contributed by atoms with E-state index in [-0.39, 0.29) is 6.10 Å². The molecule has 0 saturated carbocycles. The lowest BCUT2D eigenvalue weighted by atomic mass is 10.0. The molecule has 0 bridgehead atoms. The predicted octanol–water partition coefficient (Wildman–Crippen LogP) is 2.59. The zero-order chi connectivity index (χ0) is 12.7. The second-order valence-electron chi connectivity index (χ2n) is 4.39. The average molecular weight is 272 g/mol. The second-order valence-corrected chi connectivity index (χ2v) is 5.20. The number of fused-ring (bicyclic) bond motifs is 2. The highest BCUT2D eigenvalue weighted by Crippen LogP contribution is 2.37. The lowest BCUT2D eigenvalue weighted by Crippen LogP contribution is -2.33. The van der Waals surface area contributed by atoms with Crippen LogP contribution in [0.1, 0.15) is 0 Å². The number of benzene rings is 1. The van der Waals surface area contributed by atoms with Gasteiger partial charge >= 0.3 is 0 Å². The Bertz CT molecular complexity index is 609. The molecule has 4 rings (SSSR count). The minimum Gasteiger partial charge on any atom is -0.485 e. The fraction of sp³-hybridized carbons (Fsp3) is 0.143. The third-order valence-corrected chi connectivity index (χ3v) is 3.97. The first-order valence-corrected chi connectivity index (χ1v) is 6.88. The number of nitrogens with zero attached hydrogens (tertiary/aromatic N) is 1. The minimum absolute atomic E-state index is 0.0749. The molecule has 0 saturated heterocycles. The van der Waals surface area contributed by atoms with Crippen LogP contribution in [0.4, 0.5) is 0 Å². The van der Waals surface area contributed by atoms with Crippen molar-refractivity contribution in [1.29, 1.82) is 0 Å². The molecule has 1 aromatic carbocycles. The Morgan fingerprint density at radius 2 is 2.16 bits per heavy atom. The van der Waals surface area contributed by atoms with Crippen LogP contribution in [0.2, 0.25) is 0 Å². The van der Waals surface area contributed by atoms with Gasteiger partial charge in [-0.1, -0.05) is 18.2 Å². The van der Waals surface area contributed by atoms with Gasteiger partial charge in [0.05, 0.1) is 17.8 Å². The van der Waals surface area contributed by atoms with Gasteiger partial charge in [-0.25, -0.2) is 0 Å². The summed E-state index contributed by atoms with van der Waals surface area (Å²) in [6.45, 7) is 0.534. The van der Waals surface area contributed by atoms with Gasteiger partial charge in [-0.15, -0.1) is 0 Å². The van der Waals surface area contributed by atoms with Gasteiger partial charge in [0.25, 0.3) is 0 Å². The quantitative estimate of drug-likeness (QED) is 0.795. The Morgan fingerprint density at radius 3 is 3.11 bits per heavy atom. The van der Waals surface area contributed by atoms with Gasteiger partial charge in [0, 0.05) is 18.0 Å². The molecule has 3 aliphatic heterocycles. The van der Waals surface area contributed by atoms with E-state index >= 15 is 0 Å². The fourth-order valence-corrected chi connectivity index (χ4v) is 2.99. The molecule has 0 aromatic heterocycles. The van der Waals surface area contributed by atoms with Crippen molar-refractivity contribution in [2.45, 2.75) is 6.10 Å². The lowest BCUT2D eigenvalue weighted by Gasteiger charge is -2.31. The van der Waals surface area contributed by atoms with Crippen LogP contribution in [-0.2, 0) is 0 Å². The van der Waals surface area contributed by atoms with Crippen molar-refractivity contribution < 1.29 is 9.47 Å². The van der Waals surface area contributed by atoms with Crippen LogP contribution in [0.3, 0.4) is 0 Å². The van der Waals surface area contributed by atoms with Gasteiger partial charge in [-0.3, -0.25) is 4.31 Å². The third-order valence-electron chi connectivity index (χ3n) is 3.23. The molecule has 96 valence electrons. The Balaban J connectivity index is 1.65. The maximum absolute atomic E-state index is 6.05. The summed E-state index contributed by atoms with van der Waals surface area (Å²) in [7, 11) is 0. The lowest BCUT2D eigenvalue weighted by molar-refractivity contribution is 0.115. The van der Waals surface area contributed by atoms with E-state index in [1.54, 1.807) is 12.1 Å². The van der Waals surface area contributed by atoms with E-state index in [1.807, 2.05) is 42.7 Å².